The van der Waals surface area contributed by atoms with E-state index in [0.717, 1.165) is 0 Å². The highest BCUT2D eigenvalue weighted by atomic mass is 19.4. The van der Waals surface area contributed by atoms with Gasteiger partial charge >= 0.3 is 18.1 Å². The van der Waals surface area contributed by atoms with Crippen LogP contribution in [0, 0.1) is 6.92 Å². The zero-order valence-corrected chi connectivity index (χ0v) is 11.5. The van der Waals surface area contributed by atoms with E-state index in [9.17, 15) is 27.9 Å². The highest BCUT2D eigenvalue weighted by Crippen LogP contribution is 2.38. The van der Waals surface area contributed by atoms with E-state index in [0.29, 0.717) is 5.56 Å². The molecule has 0 aliphatic carbocycles. The van der Waals surface area contributed by atoms with Crippen LogP contribution < -0.4 is 0 Å². The van der Waals surface area contributed by atoms with Crippen molar-refractivity contribution in [3.05, 3.63) is 35.4 Å². The first-order chi connectivity index (χ1) is 9.63. The van der Waals surface area contributed by atoms with E-state index in [1.54, 1.807) is 13.0 Å². The summed E-state index contributed by atoms with van der Waals surface area (Å²) in [6, 6.07) is 5.42. The minimum Gasteiger partial charge on any atom is -0.480 e. The highest BCUT2D eigenvalue weighted by molar-refractivity contribution is 6.05. The second-order valence-electron chi connectivity index (χ2n) is 4.59. The van der Waals surface area contributed by atoms with Gasteiger partial charge in [0.2, 0.25) is 0 Å². The maximum atomic E-state index is 12.8. The van der Waals surface area contributed by atoms with Crippen LogP contribution in [0.25, 0.3) is 0 Å². The molecule has 0 aliphatic heterocycles. The summed E-state index contributed by atoms with van der Waals surface area (Å²) in [6.45, 7) is 2.78. The lowest BCUT2D eigenvalue weighted by Crippen LogP contribution is -2.48. The van der Waals surface area contributed by atoms with Gasteiger partial charge < -0.3 is 9.84 Å². The van der Waals surface area contributed by atoms with Gasteiger partial charge in [-0.05, 0) is 19.4 Å². The van der Waals surface area contributed by atoms with E-state index < -0.39 is 30.0 Å². The summed E-state index contributed by atoms with van der Waals surface area (Å²) in [7, 11) is 0. The summed E-state index contributed by atoms with van der Waals surface area (Å²) in [4.78, 5) is 23.5. The molecule has 0 aromatic heterocycles. The van der Waals surface area contributed by atoms with E-state index in [1.807, 2.05) is 0 Å². The lowest BCUT2D eigenvalue weighted by molar-refractivity contribution is -0.182. The SMILES string of the molecule is CCOC(=O)C(CC(F)(F)F)(C(=O)O)c1cccc(C)c1. The Morgan fingerprint density at radius 1 is 1.29 bits per heavy atom. The molecule has 1 N–H and O–H groups in total. The number of halogens is 3. The lowest BCUT2D eigenvalue weighted by atomic mass is 9.76. The number of aliphatic carboxylic acids is 1. The van der Waals surface area contributed by atoms with Crippen molar-refractivity contribution in [1.82, 2.24) is 0 Å². The summed E-state index contributed by atoms with van der Waals surface area (Å²) in [5, 5.41) is 9.33. The van der Waals surface area contributed by atoms with Gasteiger partial charge in [0.15, 0.2) is 5.41 Å². The van der Waals surface area contributed by atoms with Crippen molar-refractivity contribution in [3.8, 4) is 0 Å². The molecule has 0 aliphatic rings. The standard InChI is InChI=1S/C14H15F3O4/c1-3-21-12(20)13(11(18)19,8-14(15,16)17)10-6-4-5-9(2)7-10/h4-7H,3,8H2,1-2H3,(H,18,19). The Morgan fingerprint density at radius 3 is 2.33 bits per heavy atom. The Labute approximate surface area is 119 Å². The average molecular weight is 304 g/mol. The van der Waals surface area contributed by atoms with E-state index >= 15 is 0 Å². The monoisotopic (exact) mass is 304 g/mol. The predicted molar refractivity (Wildman–Crippen MR) is 67.8 cm³/mol. The molecular formula is C14H15F3O4. The normalized spacial score (nSPS) is 14.3. The summed E-state index contributed by atoms with van der Waals surface area (Å²) < 4.78 is 43.1. The fourth-order valence-electron chi connectivity index (χ4n) is 2.04. The molecule has 21 heavy (non-hydrogen) atoms. The predicted octanol–water partition coefficient (Wildman–Crippen LogP) is 2.83. The zero-order chi connectivity index (χ0) is 16.3. The summed E-state index contributed by atoms with van der Waals surface area (Å²) in [6.07, 6.45) is -6.66. The number of carboxylic acid groups (broad SMARTS) is 1. The first-order valence-electron chi connectivity index (χ1n) is 6.18. The van der Waals surface area contributed by atoms with Gasteiger partial charge in [-0.15, -0.1) is 0 Å². The molecule has 1 unspecified atom stereocenters. The van der Waals surface area contributed by atoms with Crippen molar-refractivity contribution in [3.63, 3.8) is 0 Å². The number of rotatable bonds is 5. The minimum absolute atomic E-state index is 0.211. The van der Waals surface area contributed by atoms with Crippen LogP contribution >= 0.6 is 0 Å². The van der Waals surface area contributed by atoms with Crippen molar-refractivity contribution in [2.24, 2.45) is 0 Å². The molecule has 4 nitrogen and oxygen atoms in total. The van der Waals surface area contributed by atoms with Crippen LogP contribution in [0.1, 0.15) is 24.5 Å². The van der Waals surface area contributed by atoms with Crippen LogP contribution in [0.15, 0.2) is 24.3 Å². The Morgan fingerprint density at radius 2 is 1.90 bits per heavy atom. The van der Waals surface area contributed by atoms with Gasteiger partial charge in [-0.3, -0.25) is 9.59 Å². The van der Waals surface area contributed by atoms with Crippen molar-refractivity contribution >= 4 is 11.9 Å². The fraction of sp³-hybridized carbons (Fsp3) is 0.429. The Kier molecular flexibility index (Phi) is 4.98. The third kappa shape index (κ3) is 3.74. The number of carboxylic acids is 1. The fourth-order valence-corrected chi connectivity index (χ4v) is 2.04. The molecule has 0 amide bonds. The maximum absolute atomic E-state index is 12.8. The van der Waals surface area contributed by atoms with Gasteiger partial charge in [0, 0.05) is 0 Å². The zero-order valence-electron chi connectivity index (χ0n) is 11.5. The molecule has 1 atom stereocenters. The van der Waals surface area contributed by atoms with E-state index in [1.165, 1.54) is 25.1 Å². The molecule has 0 heterocycles. The molecule has 0 spiro atoms. The van der Waals surface area contributed by atoms with Crippen molar-refractivity contribution in [2.45, 2.75) is 31.9 Å². The van der Waals surface area contributed by atoms with Crippen LogP contribution in [-0.2, 0) is 19.7 Å². The number of carbonyl (C=O) groups excluding carboxylic acids is 1. The maximum Gasteiger partial charge on any atom is 0.391 e. The number of esters is 1. The number of alkyl halides is 3. The van der Waals surface area contributed by atoms with Gasteiger partial charge in [0.1, 0.15) is 0 Å². The molecule has 0 radical (unpaired) electrons. The molecule has 0 saturated carbocycles. The van der Waals surface area contributed by atoms with Crippen molar-refractivity contribution < 1.29 is 32.6 Å². The van der Waals surface area contributed by atoms with E-state index in [4.69, 9.17) is 0 Å². The molecule has 1 aromatic rings. The molecule has 0 saturated heterocycles. The molecule has 116 valence electrons. The number of carbonyl (C=O) groups is 2. The molecular weight excluding hydrogens is 289 g/mol. The third-order valence-electron chi connectivity index (χ3n) is 2.97. The first-order valence-corrected chi connectivity index (χ1v) is 6.18. The summed E-state index contributed by atoms with van der Waals surface area (Å²) in [5.74, 6) is -3.30. The van der Waals surface area contributed by atoms with Crippen LogP contribution in [0.5, 0.6) is 0 Å². The van der Waals surface area contributed by atoms with Gasteiger partial charge in [-0.25, -0.2) is 0 Å². The lowest BCUT2D eigenvalue weighted by Gasteiger charge is -2.28. The van der Waals surface area contributed by atoms with Gasteiger partial charge in [-0.1, -0.05) is 29.8 Å². The van der Waals surface area contributed by atoms with Crippen LogP contribution in [0.3, 0.4) is 0 Å². The molecule has 0 fully saturated rings. The van der Waals surface area contributed by atoms with Crippen LogP contribution in [0.2, 0.25) is 0 Å². The quantitative estimate of drug-likeness (QED) is 0.671. The Bertz CT molecular complexity index is 539. The Hall–Kier alpha value is -2.05. The smallest absolute Gasteiger partial charge is 0.391 e. The molecule has 0 bridgehead atoms. The first kappa shape index (κ1) is 17.0. The average Bonchev–Trinajstić information content (AvgIpc) is 2.34. The molecule has 1 rings (SSSR count). The van der Waals surface area contributed by atoms with Crippen molar-refractivity contribution in [1.29, 1.82) is 0 Å². The largest absolute Gasteiger partial charge is 0.480 e. The van der Waals surface area contributed by atoms with Gasteiger partial charge in [-0.2, -0.15) is 13.2 Å². The van der Waals surface area contributed by atoms with E-state index in [2.05, 4.69) is 4.74 Å². The second-order valence-corrected chi connectivity index (χ2v) is 4.59. The van der Waals surface area contributed by atoms with Crippen molar-refractivity contribution in [2.75, 3.05) is 6.61 Å². The van der Waals surface area contributed by atoms with Crippen LogP contribution in [-0.4, -0.2) is 29.8 Å². The number of hydrogen-bond acceptors (Lipinski definition) is 3. The van der Waals surface area contributed by atoms with E-state index in [-0.39, 0.29) is 12.2 Å². The van der Waals surface area contributed by atoms with Gasteiger partial charge in [0.05, 0.1) is 13.0 Å². The number of benzene rings is 1. The third-order valence-corrected chi connectivity index (χ3v) is 2.97. The molecule has 1 aromatic carbocycles. The highest BCUT2D eigenvalue weighted by Gasteiger charge is 2.56. The number of hydrogen-bond donors (Lipinski definition) is 1. The molecule has 7 heteroatoms. The number of aryl methyl sites for hydroxylation is 1. The number of ether oxygens (including phenoxy) is 1. The van der Waals surface area contributed by atoms with Gasteiger partial charge in [0.25, 0.3) is 0 Å². The summed E-state index contributed by atoms with van der Waals surface area (Å²) >= 11 is 0. The second kappa shape index (κ2) is 6.15. The Balaban J connectivity index is 3.51. The topological polar surface area (TPSA) is 63.6 Å². The minimum atomic E-state index is -4.84. The summed E-state index contributed by atoms with van der Waals surface area (Å²) in [5.41, 5.74) is -2.49. The van der Waals surface area contributed by atoms with Crippen LogP contribution in [0.4, 0.5) is 13.2 Å².